The molecule has 0 unspecified atom stereocenters. The molecule has 1 saturated heterocycles. The van der Waals surface area contributed by atoms with Gasteiger partial charge in [-0.05, 0) is 50.7 Å². The van der Waals surface area contributed by atoms with E-state index in [-0.39, 0.29) is 28.4 Å². The lowest BCUT2D eigenvalue weighted by Gasteiger charge is -2.21. The van der Waals surface area contributed by atoms with Crippen molar-refractivity contribution in [2.45, 2.75) is 57.5 Å². The van der Waals surface area contributed by atoms with Gasteiger partial charge >= 0.3 is 6.18 Å². The van der Waals surface area contributed by atoms with Crippen molar-refractivity contribution in [3.63, 3.8) is 0 Å². The predicted octanol–water partition coefficient (Wildman–Crippen LogP) is 4.86. The smallest absolute Gasteiger partial charge is 0.370 e. The second kappa shape index (κ2) is 8.48. The van der Waals surface area contributed by atoms with E-state index in [1.54, 1.807) is 12.1 Å². The van der Waals surface area contributed by atoms with Crippen LogP contribution in [0.1, 0.15) is 71.8 Å². The largest absolute Gasteiger partial charge is 0.433 e. The Balaban J connectivity index is 1.58. The number of aromatic amines is 1. The number of aryl methyl sites for hydroxylation is 1. The minimum atomic E-state index is -4.66. The number of hydrogen-bond acceptors (Lipinski definition) is 4. The molecule has 3 aromatic rings. The SMILES string of the molecule is Cc1nc2c(C3CCCC3)c(C(F)(F)F)[nH]n2c(=O)c1C(=O)Nc1ccccc1N1CCCC1. The number of fused-ring (bicyclic) bond motifs is 1. The van der Waals surface area contributed by atoms with Gasteiger partial charge in [0.1, 0.15) is 11.3 Å². The highest BCUT2D eigenvalue weighted by Gasteiger charge is 2.41. The molecule has 10 heteroatoms. The lowest BCUT2D eigenvalue weighted by Crippen LogP contribution is -2.30. The topological polar surface area (TPSA) is 82.5 Å². The molecule has 3 heterocycles. The third kappa shape index (κ3) is 3.84. The number of benzene rings is 1. The Kier molecular flexibility index (Phi) is 5.61. The molecule has 7 nitrogen and oxygen atoms in total. The quantitative estimate of drug-likeness (QED) is 0.567. The van der Waals surface area contributed by atoms with E-state index in [1.807, 2.05) is 12.1 Å². The lowest BCUT2D eigenvalue weighted by molar-refractivity contribution is -0.142. The molecule has 1 aromatic carbocycles. The molecular formula is C24H26F3N5O2. The number of rotatable bonds is 4. The molecule has 5 rings (SSSR count). The first-order valence-corrected chi connectivity index (χ1v) is 11.6. The predicted molar refractivity (Wildman–Crippen MR) is 123 cm³/mol. The Bertz CT molecular complexity index is 1300. The van der Waals surface area contributed by atoms with Crippen molar-refractivity contribution < 1.29 is 18.0 Å². The number of nitrogens with one attached hydrogen (secondary N) is 2. The van der Waals surface area contributed by atoms with Crippen molar-refractivity contribution in [2.24, 2.45) is 0 Å². The number of H-pyrrole nitrogens is 1. The van der Waals surface area contributed by atoms with Gasteiger partial charge in [-0.3, -0.25) is 14.7 Å². The first-order chi connectivity index (χ1) is 16.3. The van der Waals surface area contributed by atoms with Crippen LogP contribution < -0.4 is 15.8 Å². The summed E-state index contributed by atoms with van der Waals surface area (Å²) in [5, 5.41) is 5.01. The van der Waals surface area contributed by atoms with Crippen molar-refractivity contribution >= 4 is 22.9 Å². The molecule has 0 bridgehead atoms. The number of hydrogen-bond donors (Lipinski definition) is 2. The van der Waals surface area contributed by atoms with Crippen LogP contribution in [-0.2, 0) is 6.18 Å². The molecule has 1 amide bonds. The maximum atomic E-state index is 13.9. The van der Waals surface area contributed by atoms with Crippen molar-refractivity contribution in [3.8, 4) is 0 Å². The molecule has 0 atom stereocenters. The van der Waals surface area contributed by atoms with Gasteiger partial charge in [0.15, 0.2) is 5.65 Å². The normalized spacial score (nSPS) is 17.1. The molecule has 2 aliphatic rings. The second-order valence-electron chi connectivity index (χ2n) is 9.08. The Morgan fingerprint density at radius 1 is 1.12 bits per heavy atom. The summed E-state index contributed by atoms with van der Waals surface area (Å²) in [6.45, 7) is 3.23. The zero-order chi connectivity index (χ0) is 24.0. The summed E-state index contributed by atoms with van der Waals surface area (Å²) in [6.07, 6.45) is 0.339. The van der Waals surface area contributed by atoms with E-state index in [0.717, 1.165) is 49.0 Å². The number of alkyl halides is 3. The highest BCUT2D eigenvalue weighted by molar-refractivity contribution is 6.06. The number of nitrogens with zero attached hydrogens (tertiary/aromatic N) is 3. The Hall–Kier alpha value is -3.30. The standard InChI is InChI=1S/C24H26F3N5O2/c1-14-18(22(33)29-16-10-4-5-11-17(16)31-12-6-7-13-31)23(34)32-21(28-14)19(15-8-2-3-9-15)20(30-32)24(25,26)27/h4-5,10-11,15,30H,2-3,6-9,12-13H2,1H3,(H,29,33). The molecule has 0 radical (unpaired) electrons. The van der Waals surface area contributed by atoms with Crippen LogP contribution in [0.3, 0.4) is 0 Å². The van der Waals surface area contributed by atoms with E-state index in [4.69, 9.17) is 0 Å². The van der Waals surface area contributed by atoms with Gasteiger partial charge in [-0.2, -0.15) is 13.2 Å². The van der Waals surface area contributed by atoms with E-state index in [2.05, 4.69) is 20.3 Å². The zero-order valence-corrected chi connectivity index (χ0v) is 18.8. The third-order valence-electron chi connectivity index (χ3n) is 6.87. The molecule has 1 aliphatic carbocycles. The van der Waals surface area contributed by atoms with E-state index in [0.29, 0.717) is 18.5 Å². The fourth-order valence-corrected chi connectivity index (χ4v) is 5.27. The molecule has 2 N–H and O–H groups in total. The number of carbonyl (C=O) groups excluding carboxylic acids is 1. The number of anilines is 2. The molecule has 2 fully saturated rings. The van der Waals surface area contributed by atoms with Crippen LogP contribution in [0.2, 0.25) is 0 Å². The van der Waals surface area contributed by atoms with Crippen LogP contribution in [-0.4, -0.2) is 33.6 Å². The number of carbonyl (C=O) groups is 1. The molecular weight excluding hydrogens is 447 g/mol. The summed E-state index contributed by atoms with van der Waals surface area (Å²) >= 11 is 0. The van der Waals surface area contributed by atoms with Gasteiger partial charge in [0.2, 0.25) is 0 Å². The Morgan fingerprint density at radius 2 is 1.79 bits per heavy atom. The van der Waals surface area contributed by atoms with Crippen molar-refractivity contribution in [2.75, 3.05) is 23.3 Å². The number of aromatic nitrogens is 3. The van der Waals surface area contributed by atoms with Gasteiger partial charge in [-0.1, -0.05) is 25.0 Å². The number of para-hydroxylation sites is 2. The summed E-state index contributed by atoms with van der Waals surface area (Å²) < 4.78 is 42.3. The fourth-order valence-electron chi connectivity index (χ4n) is 5.27. The summed E-state index contributed by atoms with van der Waals surface area (Å²) in [5.41, 5.74) is -0.592. The van der Waals surface area contributed by atoms with Crippen LogP contribution >= 0.6 is 0 Å². The van der Waals surface area contributed by atoms with Gasteiger partial charge in [-0.25, -0.2) is 9.50 Å². The van der Waals surface area contributed by atoms with Crippen LogP contribution in [0.5, 0.6) is 0 Å². The van der Waals surface area contributed by atoms with Crippen molar-refractivity contribution in [1.82, 2.24) is 14.6 Å². The maximum Gasteiger partial charge on any atom is 0.433 e. The lowest BCUT2D eigenvalue weighted by atomic mass is 9.97. The van der Waals surface area contributed by atoms with Crippen LogP contribution in [0, 0.1) is 6.92 Å². The monoisotopic (exact) mass is 473 g/mol. The summed E-state index contributed by atoms with van der Waals surface area (Å²) in [6, 6.07) is 7.31. The average molecular weight is 473 g/mol. The summed E-state index contributed by atoms with van der Waals surface area (Å²) in [5.74, 6) is -1.02. The molecule has 2 aromatic heterocycles. The Morgan fingerprint density at radius 3 is 2.47 bits per heavy atom. The first kappa shape index (κ1) is 22.5. The average Bonchev–Trinajstić information content (AvgIpc) is 3.54. The minimum absolute atomic E-state index is 0.0246. The zero-order valence-electron chi connectivity index (χ0n) is 18.8. The second-order valence-corrected chi connectivity index (χ2v) is 9.08. The number of amides is 1. The highest BCUT2D eigenvalue weighted by Crippen LogP contribution is 2.42. The molecule has 1 saturated carbocycles. The minimum Gasteiger partial charge on any atom is -0.370 e. The third-order valence-corrected chi connectivity index (χ3v) is 6.87. The molecule has 1 aliphatic heterocycles. The van der Waals surface area contributed by atoms with E-state index >= 15 is 0 Å². The fraction of sp³-hybridized carbons (Fsp3) is 0.458. The molecule has 0 spiro atoms. The summed E-state index contributed by atoms with van der Waals surface area (Å²) in [4.78, 5) is 33.0. The van der Waals surface area contributed by atoms with Crippen molar-refractivity contribution in [3.05, 3.63) is 57.1 Å². The van der Waals surface area contributed by atoms with Crippen molar-refractivity contribution in [1.29, 1.82) is 0 Å². The highest BCUT2D eigenvalue weighted by atomic mass is 19.4. The molecule has 34 heavy (non-hydrogen) atoms. The Labute approximate surface area is 194 Å². The molecule has 180 valence electrons. The van der Waals surface area contributed by atoms with Gasteiger partial charge < -0.3 is 10.2 Å². The van der Waals surface area contributed by atoms with Gasteiger partial charge in [-0.15, -0.1) is 0 Å². The van der Waals surface area contributed by atoms with E-state index < -0.39 is 23.3 Å². The maximum absolute atomic E-state index is 13.9. The van der Waals surface area contributed by atoms with E-state index in [9.17, 15) is 22.8 Å². The van der Waals surface area contributed by atoms with Gasteiger partial charge in [0, 0.05) is 18.7 Å². The van der Waals surface area contributed by atoms with Crippen LogP contribution in [0.25, 0.3) is 5.65 Å². The first-order valence-electron chi connectivity index (χ1n) is 11.6. The van der Waals surface area contributed by atoms with Gasteiger partial charge in [0.05, 0.1) is 17.1 Å². The number of halogens is 3. The van der Waals surface area contributed by atoms with Crippen LogP contribution in [0.15, 0.2) is 29.1 Å². The van der Waals surface area contributed by atoms with E-state index in [1.165, 1.54) is 6.92 Å². The van der Waals surface area contributed by atoms with Gasteiger partial charge in [0.25, 0.3) is 11.5 Å². The van der Waals surface area contributed by atoms with Crippen LogP contribution in [0.4, 0.5) is 24.5 Å². The summed E-state index contributed by atoms with van der Waals surface area (Å²) in [7, 11) is 0.